The van der Waals surface area contributed by atoms with E-state index in [1.54, 1.807) is 14.2 Å². The number of methoxy groups -OCH3 is 2. The average Bonchev–Trinajstić information content (AvgIpc) is 3.13. The minimum absolute atomic E-state index is 0.857. The molecule has 3 nitrogen and oxygen atoms in total. The Bertz CT molecular complexity index is 1060. The van der Waals surface area contributed by atoms with Gasteiger partial charge in [-0.25, -0.2) is 0 Å². The van der Waals surface area contributed by atoms with Crippen LogP contribution in [0.4, 0.5) is 0 Å². The van der Waals surface area contributed by atoms with E-state index in [2.05, 4.69) is 54.4 Å². The highest BCUT2D eigenvalue weighted by atomic mass is 16.5. The summed E-state index contributed by atoms with van der Waals surface area (Å²) < 4.78 is 10.7. The van der Waals surface area contributed by atoms with E-state index in [1.807, 2.05) is 24.3 Å². The third kappa shape index (κ3) is 3.06. The molecule has 0 saturated carbocycles. The van der Waals surface area contributed by atoms with Crippen molar-refractivity contribution in [3.8, 4) is 33.9 Å². The first-order valence-corrected chi connectivity index (χ1v) is 9.17. The van der Waals surface area contributed by atoms with Crippen LogP contribution in [0.15, 0.2) is 66.7 Å². The van der Waals surface area contributed by atoms with Gasteiger partial charge in [0.15, 0.2) is 0 Å². The fourth-order valence-electron chi connectivity index (χ4n) is 3.64. The number of nitrogens with one attached hydrogen (secondary N) is 1. The van der Waals surface area contributed by atoms with E-state index in [0.29, 0.717) is 0 Å². The Morgan fingerprint density at radius 2 is 1.33 bits per heavy atom. The van der Waals surface area contributed by atoms with E-state index in [-0.39, 0.29) is 0 Å². The van der Waals surface area contributed by atoms with Gasteiger partial charge in [0.05, 0.1) is 19.9 Å². The minimum Gasteiger partial charge on any atom is -0.497 e. The normalized spacial score (nSPS) is 10.9. The van der Waals surface area contributed by atoms with Crippen LogP contribution < -0.4 is 9.47 Å². The Kier molecular flexibility index (Phi) is 4.59. The number of fused-ring (bicyclic) bond motifs is 1. The van der Waals surface area contributed by atoms with E-state index in [9.17, 15) is 0 Å². The number of H-pyrrole nitrogens is 1. The molecule has 3 heteroatoms. The van der Waals surface area contributed by atoms with E-state index >= 15 is 0 Å². The van der Waals surface area contributed by atoms with Gasteiger partial charge in [-0.05, 0) is 65.6 Å². The molecular formula is C24H23NO2. The van der Waals surface area contributed by atoms with Crippen LogP contribution in [-0.4, -0.2) is 19.2 Å². The second kappa shape index (κ2) is 7.20. The highest BCUT2D eigenvalue weighted by Crippen LogP contribution is 2.40. The lowest BCUT2D eigenvalue weighted by molar-refractivity contribution is 0.414. The quantitative estimate of drug-likeness (QED) is 0.469. The van der Waals surface area contributed by atoms with Gasteiger partial charge in [-0.1, -0.05) is 31.2 Å². The second-order valence-electron chi connectivity index (χ2n) is 6.53. The van der Waals surface area contributed by atoms with Crippen molar-refractivity contribution in [3.05, 3.63) is 72.3 Å². The van der Waals surface area contributed by atoms with Gasteiger partial charge in [0.1, 0.15) is 11.5 Å². The summed E-state index contributed by atoms with van der Waals surface area (Å²) in [4.78, 5) is 3.65. The van der Waals surface area contributed by atoms with Crippen molar-refractivity contribution in [2.75, 3.05) is 14.2 Å². The lowest BCUT2D eigenvalue weighted by Gasteiger charge is -2.09. The molecule has 0 aliphatic rings. The van der Waals surface area contributed by atoms with Crippen LogP contribution in [0.2, 0.25) is 0 Å². The Balaban J connectivity index is 1.99. The molecule has 0 radical (unpaired) electrons. The van der Waals surface area contributed by atoms with Crippen LogP contribution in [0, 0.1) is 0 Å². The molecule has 1 heterocycles. The molecule has 0 bridgehead atoms. The summed E-state index contributed by atoms with van der Waals surface area (Å²) in [6, 6.07) is 23.0. The van der Waals surface area contributed by atoms with Crippen LogP contribution in [0.25, 0.3) is 33.3 Å². The number of aromatic nitrogens is 1. The predicted molar refractivity (Wildman–Crippen MR) is 112 cm³/mol. The Hall–Kier alpha value is -3.20. The monoisotopic (exact) mass is 357 g/mol. The molecule has 3 aromatic carbocycles. The van der Waals surface area contributed by atoms with Crippen LogP contribution >= 0.6 is 0 Å². The zero-order chi connectivity index (χ0) is 18.8. The maximum Gasteiger partial charge on any atom is 0.118 e. The number of aromatic amines is 1. The van der Waals surface area contributed by atoms with E-state index < -0.39 is 0 Å². The molecule has 4 rings (SSSR count). The fourth-order valence-corrected chi connectivity index (χ4v) is 3.64. The molecule has 0 saturated heterocycles. The highest BCUT2D eigenvalue weighted by molar-refractivity contribution is 6.05. The van der Waals surface area contributed by atoms with E-state index in [0.717, 1.165) is 34.7 Å². The number of hydrogen-bond acceptors (Lipinski definition) is 2. The van der Waals surface area contributed by atoms with Crippen LogP contribution in [0.1, 0.15) is 12.5 Å². The third-order valence-corrected chi connectivity index (χ3v) is 5.05. The Morgan fingerprint density at radius 3 is 1.89 bits per heavy atom. The maximum atomic E-state index is 5.34. The number of rotatable bonds is 5. The van der Waals surface area contributed by atoms with Crippen molar-refractivity contribution in [1.82, 2.24) is 4.98 Å². The Labute approximate surface area is 159 Å². The van der Waals surface area contributed by atoms with Crippen molar-refractivity contribution >= 4 is 10.9 Å². The first-order valence-electron chi connectivity index (χ1n) is 9.17. The molecule has 4 aromatic rings. The van der Waals surface area contributed by atoms with Crippen LogP contribution in [0.3, 0.4) is 0 Å². The maximum absolute atomic E-state index is 5.34. The van der Waals surface area contributed by atoms with Crippen LogP contribution in [-0.2, 0) is 6.42 Å². The highest BCUT2D eigenvalue weighted by Gasteiger charge is 2.17. The summed E-state index contributed by atoms with van der Waals surface area (Å²) in [5, 5.41) is 1.29. The first-order chi connectivity index (χ1) is 13.2. The molecule has 0 amide bonds. The van der Waals surface area contributed by atoms with Gasteiger partial charge in [0.2, 0.25) is 0 Å². The fraction of sp³-hybridized carbons (Fsp3) is 0.167. The summed E-state index contributed by atoms with van der Waals surface area (Å²) >= 11 is 0. The van der Waals surface area contributed by atoms with Gasteiger partial charge in [-0.15, -0.1) is 0 Å². The van der Waals surface area contributed by atoms with E-state index in [1.165, 1.54) is 22.1 Å². The predicted octanol–water partition coefficient (Wildman–Crippen LogP) is 6.08. The van der Waals surface area contributed by atoms with Gasteiger partial charge in [-0.2, -0.15) is 0 Å². The van der Waals surface area contributed by atoms with E-state index in [4.69, 9.17) is 9.47 Å². The molecule has 1 aromatic heterocycles. The number of hydrogen-bond donors (Lipinski definition) is 1. The second-order valence-corrected chi connectivity index (χ2v) is 6.53. The molecular weight excluding hydrogens is 334 g/mol. The molecule has 136 valence electrons. The molecule has 0 unspecified atom stereocenters. The summed E-state index contributed by atoms with van der Waals surface area (Å²) in [5.41, 5.74) is 7.17. The standard InChI is InChI=1S/C24H23NO2/c1-4-16-6-5-7-21-22(16)23(17-8-12-19(26-2)13-9-17)24(25-21)18-10-14-20(27-3)15-11-18/h5-15,25H,4H2,1-3H3. The van der Waals surface area contributed by atoms with Crippen molar-refractivity contribution in [3.63, 3.8) is 0 Å². The molecule has 0 aliphatic heterocycles. The largest absolute Gasteiger partial charge is 0.497 e. The van der Waals surface area contributed by atoms with Gasteiger partial charge in [0, 0.05) is 16.5 Å². The number of ether oxygens (including phenoxy) is 2. The van der Waals surface area contributed by atoms with Gasteiger partial charge < -0.3 is 14.5 Å². The van der Waals surface area contributed by atoms with Gasteiger partial charge in [0.25, 0.3) is 0 Å². The SMILES string of the molecule is CCc1cccc2[nH]c(-c3ccc(OC)cc3)c(-c3ccc(OC)cc3)c12. The summed E-state index contributed by atoms with van der Waals surface area (Å²) in [6.45, 7) is 2.20. The smallest absolute Gasteiger partial charge is 0.118 e. The molecule has 27 heavy (non-hydrogen) atoms. The summed E-state index contributed by atoms with van der Waals surface area (Å²) in [7, 11) is 3.38. The topological polar surface area (TPSA) is 34.2 Å². The number of aryl methyl sites for hydroxylation is 1. The zero-order valence-electron chi connectivity index (χ0n) is 15.9. The van der Waals surface area contributed by atoms with Crippen molar-refractivity contribution in [2.45, 2.75) is 13.3 Å². The van der Waals surface area contributed by atoms with Gasteiger partial charge >= 0.3 is 0 Å². The summed E-state index contributed by atoms with van der Waals surface area (Å²) in [6.07, 6.45) is 0.987. The zero-order valence-corrected chi connectivity index (χ0v) is 15.9. The molecule has 0 spiro atoms. The van der Waals surface area contributed by atoms with Crippen LogP contribution in [0.5, 0.6) is 11.5 Å². The Morgan fingerprint density at radius 1 is 0.741 bits per heavy atom. The molecule has 1 N–H and O–H groups in total. The van der Waals surface area contributed by atoms with Crippen molar-refractivity contribution in [2.24, 2.45) is 0 Å². The first kappa shape index (κ1) is 17.2. The summed E-state index contributed by atoms with van der Waals surface area (Å²) in [5.74, 6) is 1.72. The lowest BCUT2D eigenvalue weighted by atomic mass is 9.95. The number of benzene rings is 3. The van der Waals surface area contributed by atoms with Gasteiger partial charge in [-0.3, -0.25) is 0 Å². The average molecular weight is 357 g/mol. The molecule has 0 fully saturated rings. The third-order valence-electron chi connectivity index (χ3n) is 5.05. The van der Waals surface area contributed by atoms with Crippen molar-refractivity contribution in [1.29, 1.82) is 0 Å². The lowest BCUT2D eigenvalue weighted by Crippen LogP contribution is -1.87. The molecule has 0 atom stereocenters. The van der Waals surface area contributed by atoms with Crippen molar-refractivity contribution < 1.29 is 9.47 Å². The minimum atomic E-state index is 0.857. The molecule has 0 aliphatic carbocycles.